The van der Waals surface area contributed by atoms with Crippen molar-refractivity contribution in [3.63, 3.8) is 0 Å². The lowest BCUT2D eigenvalue weighted by atomic mass is 10.2. The van der Waals surface area contributed by atoms with E-state index in [-0.39, 0.29) is 43.0 Å². The Morgan fingerprint density at radius 1 is 0.919 bits per heavy atom. The average molecular weight is 663 g/mol. The number of carbonyl (C=O) groups is 2. The predicted molar refractivity (Wildman–Crippen MR) is 155 cm³/mol. The predicted octanol–water partition coefficient (Wildman–Crippen LogP) is 2.63. The van der Waals surface area contributed by atoms with Crippen LogP contribution in [0.2, 0.25) is 0 Å². The van der Waals surface area contributed by atoms with Crippen LogP contribution in [0, 0.1) is 13.8 Å². The van der Waals surface area contributed by atoms with E-state index < -0.39 is 17.2 Å². The summed E-state index contributed by atoms with van der Waals surface area (Å²) in [5.74, 6) is -1.08. The van der Waals surface area contributed by atoms with Crippen LogP contribution in [0.15, 0.2) is 29.9 Å². The Morgan fingerprint density at radius 2 is 1.46 bits per heavy atom. The molecule has 0 aliphatic heterocycles. The first-order valence-electron chi connectivity index (χ1n) is 10.9. The van der Waals surface area contributed by atoms with Crippen molar-refractivity contribution in [2.75, 3.05) is 4.93 Å². The second-order valence-corrected chi connectivity index (χ2v) is 9.74. The Morgan fingerprint density at radius 3 is 2.05 bits per heavy atom. The summed E-state index contributed by atoms with van der Waals surface area (Å²) in [5, 5.41) is 13.2. The molecule has 4 aromatic rings. The highest BCUT2D eigenvalue weighted by molar-refractivity contribution is 14.1. The molecule has 0 saturated heterocycles. The summed E-state index contributed by atoms with van der Waals surface area (Å²) >= 11 is 4.82. The third-order valence-corrected chi connectivity index (χ3v) is 7.56. The molecule has 0 fully saturated rings. The summed E-state index contributed by atoms with van der Waals surface area (Å²) in [6.45, 7) is 5.10. The van der Waals surface area contributed by atoms with Gasteiger partial charge in [-0.2, -0.15) is 0 Å². The topological polar surface area (TPSA) is 153 Å². The van der Waals surface area contributed by atoms with E-state index in [0.29, 0.717) is 20.4 Å². The van der Waals surface area contributed by atoms with Gasteiger partial charge in [-0.05, 0) is 47.6 Å². The minimum atomic E-state index is -1.04. The second kappa shape index (κ2) is 13.1. The molecule has 0 unspecified atom stereocenters. The van der Waals surface area contributed by atoms with Gasteiger partial charge in [0.05, 0.1) is 17.2 Å². The van der Waals surface area contributed by atoms with Gasteiger partial charge in [0.15, 0.2) is 0 Å². The van der Waals surface area contributed by atoms with E-state index >= 15 is 0 Å². The monoisotopic (exact) mass is 662 g/mol. The molecule has 200 valence electrons. The number of carbonyl (C=O) groups excluding carboxylic acids is 1. The second-order valence-electron chi connectivity index (χ2n) is 8.00. The van der Waals surface area contributed by atoms with Crippen molar-refractivity contribution in [3.8, 4) is 0 Å². The van der Waals surface area contributed by atoms with E-state index in [1.807, 2.05) is 17.2 Å². The first-order chi connectivity index (χ1) is 17.4. The van der Waals surface area contributed by atoms with Crippen molar-refractivity contribution >= 4 is 77.5 Å². The highest BCUT2D eigenvalue weighted by Crippen LogP contribution is 2.20. The molecule has 14 heteroatoms. The maximum absolute atomic E-state index is 12.2. The number of aromatic nitrogens is 4. The van der Waals surface area contributed by atoms with Crippen LogP contribution in [0.5, 0.6) is 0 Å². The summed E-state index contributed by atoms with van der Waals surface area (Å²) in [6, 6.07) is 0. The summed E-state index contributed by atoms with van der Waals surface area (Å²) < 4.78 is 3.54. The molecule has 0 aliphatic carbocycles. The normalized spacial score (nSPS) is 10.5. The number of ketones is 1. The molecule has 4 aromatic heterocycles. The highest BCUT2D eigenvalue weighted by atomic mass is 127. The minimum Gasteiger partial charge on any atom is -0.481 e. The molecule has 0 amide bonds. The number of fused-ring (bicyclic) bond motifs is 2. The maximum Gasteiger partial charge on any atom is 0.331 e. The number of halogens is 1. The molecule has 11 nitrogen and oxygen atoms in total. The van der Waals surface area contributed by atoms with E-state index in [1.165, 1.54) is 34.2 Å². The standard InChI is InChI=1S/C12H14N2O3S.C10H10N2O4S.CH3I/c1-7-6-18-11-9(7)10(16)14(5-4-8(2)15)12(17)13(11)3;1-5-4-17-8-7(5)9(15)12(10(16)11-8)3-2-6(13)14;1-2/h6H,4-5H2,1-3H3;4H,2-3H2,1H3,(H,11,16)(H,13,14);1H3. The number of Topliss-reactive ketones (excluding diaryl/α,β-unsaturated/α-hetero) is 1. The zero-order valence-corrected chi connectivity index (χ0v) is 24.7. The van der Waals surface area contributed by atoms with Gasteiger partial charge in [0.1, 0.15) is 15.4 Å². The molecule has 0 bridgehead atoms. The van der Waals surface area contributed by atoms with Crippen molar-refractivity contribution in [2.45, 2.75) is 46.7 Å². The zero-order valence-electron chi connectivity index (χ0n) is 20.9. The SMILES string of the molecule is CC(=O)CCn1c(=O)c2c(C)csc2n(C)c1=O.CI.Cc1csc2[nH]c(=O)n(CCC(=O)O)c(=O)c12. The van der Waals surface area contributed by atoms with Crippen molar-refractivity contribution in [1.82, 2.24) is 18.7 Å². The Labute approximate surface area is 232 Å². The number of thiophene rings is 2. The molecule has 0 radical (unpaired) electrons. The number of aliphatic carboxylic acids is 1. The van der Waals surface area contributed by atoms with E-state index in [1.54, 1.807) is 19.4 Å². The van der Waals surface area contributed by atoms with Crippen molar-refractivity contribution < 1.29 is 14.7 Å². The number of hydrogen-bond donors (Lipinski definition) is 2. The van der Waals surface area contributed by atoms with E-state index in [0.717, 1.165) is 20.3 Å². The number of aryl methyl sites for hydroxylation is 3. The number of H-pyrrole nitrogens is 1. The molecule has 4 heterocycles. The molecular formula is C23H27IN4O7S2. The molecule has 0 aliphatic rings. The first kappa shape index (κ1) is 30.4. The maximum atomic E-state index is 12.2. The first-order valence-corrected chi connectivity index (χ1v) is 14.8. The number of alkyl halides is 1. The molecule has 0 saturated carbocycles. The van der Waals surface area contributed by atoms with Crippen LogP contribution < -0.4 is 22.5 Å². The third-order valence-electron chi connectivity index (χ3n) is 5.37. The fraction of sp³-hybridized carbons (Fsp3) is 0.391. The molecule has 0 aromatic carbocycles. The fourth-order valence-electron chi connectivity index (χ4n) is 3.50. The summed E-state index contributed by atoms with van der Waals surface area (Å²) in [7, 11) is 1.64. The van der Waals surface area contributed by atoms with Gasteiger partial charge >= 0.3 is 17.3 Å². The number of rotatable bonds is 6. The zero-order chi connectivity index (χ0) is 28.0. The van der Waals surface area contributed by atoms with Gasteiger partial charge in [0, 0.05) is 26.6 Å². The van der Waals surface area contributed by atoms with E-state index in [2.05, 4.69) is 27.6 Å². The van der Waals surface area contributed by atoms with Crippen LogP contribution in [0.3, 0.4) is 0 Å². The van der Waals surface area contributed by atoms with E-state index in [4.69, 9.17) is 5.11 Å². The Hall–Kier alpha value is -2.85. The van der Waals surface area contributed by atoms with Gasteiger partial charge in [0.25, 0.3) is 11.1 Å². The molecule has 2 N–H and O–H groups in total. The van der Waals surface area contributed by atoms with Crippen molar-refractivity contribution in [1.29, 1.82) is 0 Å². The number of aromatic amines is 1. The molecule has 4 rings (SSSR count). The fourth-order valence-corrected chi connectivity index (χ4v) is 5.43. The smallest absolute Gasteiger partial charge is 0.331 e. The van der Waals surface area contributed by atoms with Crippen LogP contribution in [0.1, 0.15) is 30.9 Å². The molecule has 37 heavy (non-hydrogen) atoms. The van der Waals surface area contributed by atoms with Gasteiger partial charge in [-0.15, -0.1) is 22.7 Å². The summed E-state index contributed by atoms with van der Waals surface area (Å²) in [4.78, 5) is 75.1. The summed E-state index contributed by atoms with van der Waals surface area (Å²) in [5.41, 5.74) is 0.000509. The van der Waals surface area contributed by atoms with Gasteiger partial charge in [-0.3, -0.25) is 37.9 Å². The largest absolute Gasteiger partial charge is 0.481 e. The van der Waals surface area contributed by atoms with Crippen molar-refractivity contribution in [3.05, 3.63) is 63.6 Å². The lowest BCUT2D eigenvalue weighted by Gasteiger charge is -2.07. The number of nitrogens with zero attached hydrogens (tertiary/aromatic N) is 3. The lowest BCUT2D eigenvalue weighted by Crippen LogP contribution is -2.39. The molecular weight excluding hydrogens is 635 g/mol. The minimum absolute atomic E-state index is 0.0360. The Balaban J connectivity index is 0.000000244. The Kier molecular flexibility index (Phi) is 10.8. The van der Waals surface area contributed by atoms with Gasteiger partial charge in [-0.1, -0.05) is 22.6 Å². The lowest BCUT2D eigenvalue weighted by molar-refractivity contribution is -0.137. The highest BCUT2D eigenvalue weighted by Gasteiger charge is 2.15. The number of hydrogen-bond acceptors (Lipinski definition) is 8. The number of carboxylic acids is 1. The van der Waals surface area contributed by atoms with Gasteiger partial charge in [0.2, 0.25) is 0 Å². The third kappa shape index (κ3) is 6.73. The van der Waals surface area contributed by atoms with Gasteiger partial charge < -0.3 is 5.11 Å². The van der Waals surface area contributed by atoms with Crippen LogP contribution in [0.25, 0.3) is 20.4 Å². The van der Waals surface area contributed by atoms with Crippen LogP contribution in [0.4, 0.5) is 0 Å². The molecule has 0 spiro atoms. The number of carboxylic acid groups (broad SMARTS) is 1. The van der Waals surface area contributed by atoms with E-state index in [9.17, 15) is 28.8 Å². The molecule has 0 atom stereocenters. The number of nitrogens with one attached hydrogen (secondary N) is 1. The van der Waals surface area contributed by atoms with Crippen LogP contribution in [-0.2, 0) is 29.7 Å². The quantitative estimate of drug-likeness (QED) is 0.238. The van der Waals surface area contributed by atoms with Crippen molar-refractivity contribution in [2.24, 2.45) is 7.05 Å². The average Bonchev–Trinajstić information content (AvgIpc) is 3.41. The summed E-state index contributed by atoms with van der Waals surface area (Å²) in [6.07, 6.45) is -0.0541. The van der Waals surface area contributed by atoms with Gasteiger partial charge in [-0.25, -0.2) is 9.59 Å². The Bertz CT molecular complexity index is 1690. The van der Waals surface area contributed by atoms with Crippen LogP contribution in [-0.4, -0.2) is 40.5 Å². The van der Waals surface area contributed by atoms with Crippen LogP contribution >= 0.6 is 45.3 Å².